The monoisotopic (exact) mass is 667 g/mol. The Balaban J connectivity index is 1.17. The number of amides is 1. The van der Waals surface area contributed by atoms with E-state index in [-0.39, 0.29) is 26.2 Å². The second-order valence-electron chi connectivity index (χ2n) is 11.0. The Hall–Kier alpha value is -4.99. The summed E-state index contributed by atoms with van der Waals surface area (Å²) in [6, 6.07) is 34.0. The third-order valence-electron chi connectivity index (χ3n) is 7.61. The molecule has 0 radical (unpaired) electrons. The molecule has 6 rings (SSSR count). The summed E-state index contributed by atoms with van der Waals surface area (Å²) in [7, 11) is -4.08. The van der Waals surface area contributed by atoms with Gasteiger partial charge < -0.3 is 19.2 Å². The van der Waals surface area contributed by atoms with E-state index < -0.39 is 32.3 Å². The van der Waals surface area contributed by atoms with Crippen molar-refractivity contribution in [2.24, 2.45) is 0 Å². The molecule has 0 aliphatic carbocycles. The molecule has 0 spiro atoms. The van der Waals surface area contributed by atoms with E-state index in [1.165, 1.54) is 0 Å². The summed E-state index contributed by atoms with van der Waals surface area (Å²) in [5.41, 5.74) is 4.70. The van der Waals surface area contributed by atoms with Crippen LogP contribution < -0.4 is 10.1 Å². The van der Waals surface area contributed by atoms with Crippen molar-refractivity contribution < 1.29 is 41.6 Å². The molecule has 2 heterocycles. The van der Waals surface area contributed by atoms with E-state index in [0.29, 0.717) is 29.2 Å². The van der Waals surface area contributed by atoms with E-state index in [4.69, 9.17) is 27.5 Å². The zero-order valence-corrected chi connectivity index (χ0v) is 26.9. The van der Waals surface area contributed by atoms with Crippen LogP contribution in [0.5, 0.6) is 5.75 Å². The summed E-state index contributed by atoms with van der Waals surface area (Å²) in [5, 5.41) is 2.58. The lowest BCUT2D eigenvalue weighted by molar-refractivity contribution is -0.121. The van der Waals surface area contributed by atoms with Crippen LogP contribution in [0.1, 0.15) is 27.8 Å². The number of fused-ring (bicyclic) bond motifs is 1. The van der Waals surface area contributed by atoms with Gasteiger partial charge in [-0.3, -0.25) is 18.4 Å². The Morgan fingerprint density at radius 2 is 1.40 bits per heavy atom. The molecule has 1 aliphatic rings. The van der Waals surface area contributed by atoms with Gasteiger partial charge in [0.15, 0.2) is 5.78 Å². The fourth-order valence-corrected chi connectivity index (χ4v) is 6.18. The average molecular weight is 668 g/mol. The molecule has 0 fully saturated rings. The average Bonchev–Trinajstić information content (AvgIpc) is 3.61. The minimum atomic E-state index is -4.08. The highest BCUT2D eigenvalue weighted by Gasteiger charge is 2.33. The van der Waals surface area contributed by atoms with Gasteiger partial charge >= 0.3 is 13.9 Å². The molecule has 1 atom stereocenters. The van der Waals surface area contributed by atoms with Crippen molar-refractivity contribution in [1.82, 2.24) is 5.32 Å². The molecule has 5 aromatic rings. The predicted molar refractivity (Wildman–Crippen MR) is 177 cm³/mol. The Kier molecular flexibility index (Phi) is 10.8. The first-order valence-electron chi connectivity index (χ1n) is 15.4. The Labute approximate surface area is 278 Å². The van der Waals surface area contributed by atoms with Gasteiger partial charge in [-0.2, -0.15) is 0 Å². The van der Waals surface area contributed by atoms with Crippen molar-refractivity contribution in [2.45, 2.75) is 38.9 Å². The van der Waals surface area contributed by atoms with Crippen LogP contribution in [0, 0.1) is 0 Å². The molecule has 0 saturated carbocycles. The summed E-state index contributed by atoms with van der Waals surface area (Å²) in [5.74, 6) is 0.727. The number of phosphoric acid groups is 1. The zero-order valence-electron chi connectivity index (χ0n) is 26.0. The number of phosphoric ester groups is 1. The van der Waals surface area contributed by atoms with E-state index in [9.17, 15) is 14.2 Å². The molecule has 1 amide bonds. The van der Waals surface area contributed by atoms with Crippen LogP contribution in [-0.4, -0.2) is 24.5 Å². The normalized spacial score (nSPS) is 14.2. The molecule has 1 N–H and O–H groups in total. The lowest BCUT2D eigenvalue weighted by atomic mass is 10.0. The Morgan fingerprint density at radius 1 is 0.750 bits per heavy atom. The zero-order chi connectivity index (χ0) is 33.2. The molecule has 48 heavy (non-hydrogen) atoms. The molecule has 0 unspecified atom stereocenters. The van der Waals surface area contributed by atoms with Crippen molar-refractivity contribution in [2.75, 3.05) is 6.61 Å². The fourth-order valence-electron chi connectivity index (χ4n) is 5.03. The number of carbonyl (C=O) groups excluding carboxylic acids is 2. The second-order valence-corrected chi connectivity index (χ2v) is 12.7. The van der Waals surface area contributed by atoms with E-state index >= 15 is 0 Å². The molecule has 1 aromatic heterocycles. The van der Waals surface area contributed by atoms with Gasteiger partial charge in [0.25, 0.3) is 0 Å². The van der Waals surface area contributed by atoms with Crippen LogP contribution in [0.4, 0.5) is 4.79 Å². The first-order valence-corrected chi connectivity index (χ1v) is 16.8. The smallest absolute Gasteiger partial charge is 0.475 e. The van der Waals surface area contributed by atoms with E-state index in [1.54, 1.807) is 36.6 Å². The molecular weight excluding hydrogens is 633 g/mol. The van der Waals surface area contributed by atoms with Crippen LogP contribution in [0.2, 0.25) is 0 Å². The van der Waals surface area contributed by atoms with Gasteiger partial charge in [-0.25, -0.2) is 9.36 Å². The van der Waals surface area contributed by atoms with E-state index in [1.807, 2.05) is 84.9 Å². The predicted octanol–water partition coefficient (Wildman–Crippen LogP) is 7.80. The second kappa shape index (κ2) is 15.7. The quantitative estimate of drug-likeness (QED) is 0.125. The van der Waals surface area contributed by atoms with Gasteiger partial charge in [-0.05, 0) is 52.1 Å². The largest absolute Gasteiger partial charge is 0.488 e. The van der Waals surface area contributed by atoms with Crippen LogP contribution in [-0.2, 0) is 60.5 Å². The number of rotatable bonds is 13. The molecule has 0 bridgehead atoms. The van der Waals surface area contributed by atoms with Crippen molar-refractivity contribution in [3.05, 3.63) is 149 Å². The number of nitrogens with one attached hydrogen (secondary N) is 1. The lowest BCUT2D eigenvalue weighted by Gasteiger charge is -2.21. The number of ketones is 1. The first-order chi connectivity index (χ1) is 23.4. The van der Waals surface area contributed by atoms with Crippen LogP contribution >= 0.6 is 7.82 Å². The summed E-state index contributed by atoms with van der Waals surface area (Å²) in [6.07, 6.45) is 0.622. The van der Waals surface area contributed by atoms with Gasteiger partial charge in [-0.15, -0.1) is 0 Å². The molecule has 10 nitrogen and oxygen atoms in total. The molecule has 246 valence electrons. The van der Waals surface area contributed by atoms with Gasteiger partial charge in [0.2, 0.25) is 0 Å². The number of alkyl carbamates (subject to hydrolysis) is 1. The summed E-state index contributed by atoms with van der Waals surface area (Å²) < 4.78 is 47.3. The summed E-state index contributed by atoms with van der Waals surface area (Å²) >= 11 is 0. The minimum Gasteiger partial charge on any atom is -0.488 e. The third-order valence-corrected chi connectivity index (χ3v) is 8.97. The molecule has 1 aliphatic heterocycles. The van der Waals surface area contributed by atoms with Crippen molar-refractivity contribution in [3.8, 4) is 17.1 Å². The fraction of sp³-hybridized carbons (Fsp3) is 0.189. The van der Waals surface area contributed by atoms with Crippen molar-refractivity contribution in [3.63, 3.8) is 0 Å². The topological polar surface area (TPSA) is 123 Å². The standard InChI is InChI=1S/C37H34NO9P/c39-34(21-29-17-18-36(32(20-29)35-16-9-19-42-35)43-22-27-10-3-1-4-11-27)33(38-37(40)44-23-28-12-5-2-6-13-28)26-47-48(41)45-24-30-14-7-8-15-31(30)25-46-48/h1-20,33H,21-26H2,(H,38,40)/t33-/m0/s1. The maximum Gasteiger partial charge on any atom is 0.475 e. The number of Topliss-reactive ketones (excluding diaryl/α,β-unsaturated/α-hetero) is 1. The van der Waals surface area contributed by atoms with Gasteiger partial charge in [0.1, 0.15) is 30.8 Å². The highest BCUT2D eigenvalue weighted by atomic mass is 31.2. The highest BCUT2D eigenvalue weighted by molar-refractivity contribution is 7.48. The van der Waals surface area contributed by atoms with E-state index in [0.717, 1.165) is 22.3 Å². The Bertz CT molecular complexity index is 1830. The molecule has 4 aromatic carbocycles. The van der Waals surface area contributed by atoms with Crippen molar-refractivity contribution in [1.29, 1.82) is 0 Å². The lowest BCUT2D eigenvalue weighted by Crippen LogP contribution is -2.44. The number of hydrogen-bond acceptors (Lipinski definition) is 9. The number of furan rings is 1. The molecular formula is C37H34NO9P. The number of ether oxygens (including phenoxy) is 2. The van der Waals surface area contributed by atoms with Gasteiger partial charge in [-0.1, -0.05) is 91.0 Å². The van der Waals surface area contributed by atoms with Crippen LogP contribution in [0.25, 0.3) is 11.3 Å². The highest BCUT2D eigenvalue weighted by Crippen LogP contribution is 2.52. The molecule has 0 saturated heterocycles. The van der Waals surface area contributed by atoms with E-state index in [2.05, 4.69) is 5.32 Å². The van der Waals surface area contributed by atoms with Crippen LogP contribution in [0.3, 0.4) is 0 Å². The maximum atomic E-state index is 13.8. The number of hydrogen-bond donors (Lipinski definition) is 1. The van der Waals surface area contributed by atoms with Crippen LogP contribution in [0.15, 0.2) is 126 Å². The minimum absolute atomic E-state index is 0.00559. The number of benzene rings is 4. The Morgan fingerprint density at radius 3 is 2.04 bits per heavy atom. The summed E-state index contributed by atoms with van der Waals surface area (Å²) in [4.78, 5) is 26.6. The SMILES string of the molecule is O=C(N[C@@H](COP1(=O)OCc2ccccc2CO1)C(=O)Cc1ccc(OCc2ccccc2)c(-c2ccco2)c1)OCc1ccccc1. The number of carbonyl (C=O) groups is 2. The maximum absolute atomic E-state index is 13.8. The molecule has 11 heteroatoms. The van der Waals surface area contributed by atoms with Gasteiger partial charge in [0.05, 0.1) is 31.6 Å². The van der Waals surface area contributed by atoms with Crippen molar-refractivity contribution >= 4 is 19.7 Å². The summed E-state index contributed by atoms with van der Waals surface area (Å²) in [6.45, 7) is -0.124. The van der Waals surface area contributed by atoms with Gasteiger partial charge in [0, 0.05) is 6.42 Å². The third kappa shape index (κ3) is 8.87. The first kappa shape index (κ1) is 32.9.